The zero-order valence-corrected chi connectivity index (χ0v) is 7.80. The lowest BCUT2D eigenvalue weighted by Gasteiger charge is -1.81. The Hall–Kier alpha value is -0.780. The van der Waals surface area contributed by atoms with Crippen molar-refractivity contribution in [2.24, 2.45) is 0 Å². The number of allylic oxidation sites excluding steroid dienone is 6. The first-order chi connectivity index (χ1) is 5.27. The van der Waals surface area contributed by atoms with Crippen LogP contribution in [0.2, 0.25) is 0 Å². The molecule has 62 valence electrons. The third kappa shape index (κ3) is 9.22. The molecule has 0 unspecified atom stereocenters. The summed E-state index contributed by atoms with van der Waals surface area (Å²) < 4.78 is 0. The molecule has 0 bridgehead atoms. The van der Waals surface area contributed by atoms with Crippen molar-refractivity contribution in [3.8, 4) is 0 Å². The Morgan fingerprint density at radius 2 is 1.82 bits per heavy atom. The molecule has 0 aliphatic rings. The van der Waals surface area contributed by atoms with Gasteiger partial charge >= 0.3 is 0 Å². The predicted molar refractivity (Wildman–Crippen MR) is 52.6 cm³/mol. The van der Waals surface area contributed by atoms with Crippen molar-refractivity contribution in [3.63, 3.8) is 0 Å². The summed E-state index contributed by atoms with van der Waals surface area (Å²) in [5.41, 5.74) is 1.34. The first-order valence-electron chi connectivity index (χ1n) is 4.24. The van der Waals surface area contributed by atoms with Crippen molar-refractivity contribution in [2.45, 2.75) is 33.6 Å². The van der Waals surface area contributed by atoms with E-state index in [1.54, 1.807) is 0 Å². The van der Waals surface area contributed by atoms with Crippen LogP contribution in [0, 0.1) is 0 Å². The van der Waals surface area contributed by atoms with Gasteiger partial charge in [-0.3, -0.25) is 0 Å². The van der Waals surface area contributed by atoms with Gasteiger partial charge in [0.2, 0.25) is 0 Å². The number of hydrogen-bond donors (Lipinski definition) is 0. The van der Waals surface area contributed by atoms with E-state index in [0.717, 1.165) is 0 Å². The van der Waals surface area contributed by atoms with Crippen molar-refractivity contribution in [2.75, 3.05) is 0 Å². The summed E-state index contributed by atoms with van der Waals surface area (Å²) in [4.78, 5) is 0. The van der Waals surface area contributed by atoms with Gasteiger partial charge in [-0.1, -0.05) is 49.3 Å². The maximum absolute atomic E-state index is 2.19. The van der Waals surface area contributed by atoms with Crippen molar-refractivity contribution in [1.29, 1.82) is 0 Å². The monoisotopic (exact) mass is 150 g/mol. The summed E-state index contributed by atoms with van der Waals surface area (Å²) in [5, 5.41) is 0. The molecule has 0 heteroatoms. The van der Waals surface area contributed by atoms with Gasteiger partial charge in [0.15, 0.2) is 0 Å². The second kappa shape index (κ2) is 7.33. The van der Waals surface area contributed by atoms with Gasteiger partial charge in [0.1, 0.15) is 0 Å². The van der Waals surface area contributed by atoms with Gasteiger partial charge in [-0.15, -0.1) is 0 Å². The van der Waals surface area contributed by atoms with Gasteiger partial charge in [0.25, 0.3) is 0 Å². The standard InChI is InChI=1S/C11H18/c1-4-5-6-7-8-9-10-11(2)3/h6-10H,4-5H2,1-3H3/b7-6+,9-8+. The SMILES string of the molecule is CCC/C=C/C=C/C=C(C)C. The lowest BCUT2D eigenvalue weighted by molar-refractivity contribution is 0.959. The van der Waals surface area contributed by atoms with Crippen LogP contribution in [0.5, 0.6) is 0 Å². The Kier molecular flexibility index (Phi) is 6.81. The van der Waals surface area contributed by atoms with Gasteiger partial charge in [-0.2, -0.15) is 0 Å². The van der Waals surface area contributed by atoms with Crippen molar-refractivity contribution in [3.05, 3.63) is 36.0 Å². The van der Waals surface area contributed by atoms with Crippen LogP contribution in [0.25, 0.3) is 0 Å². The van der Waals surface area contributed by atoms with Crippen molar-refractivity contribution >= 4 is 0 Å². The van der Waals surface area contributed by atoms with E-state index in [2.05, 4.69) is 51.2 Å². The molecule has 0 aromatic heterocycles. The molecule has 11 heavy (non-hydrogen) atoms. The summed E-state index contributed by atoms with van der Waals surface area (Å²) in [5.74, 6) is 0. The van der Waals surface area contributed by atoms with Crippen LogP contribution in [0.15, 0.2) is 36.0 Å². The molecule has 0 spiro atoms. The quantitative estimate of drug-likeness (QED) is 0.534. The minimum absolute atomic E-state index is 1.18. The van der Waals surface area contributed by atoms with E-state index in [1.165, 1.54) is 18.4 Å². The smallest absolute Gasteiger partial charge is 0.0350 e. The second-order valence-electron chi connectivity index (χ2n) is 2.85. The third-order valence-corrected chi connectivity index (χ3v) is 1.24. The Labute approximate surface area is 70.3 Å². The molecule has 0 nitrogen and oxygen atoms in total. The highest BCUT2D eigenvalue weighted by Crippen LogP contribution is 1.91. The van der Waals surface area contributed by atoms with Gasteiger partial charge in [0.05, 0.1) is 0 Å². The van der Waals surface area contributed by atoms with Crippen LogP contribution in [0.1, 0.15) is 33.6 Å². The Morgan fingerprint density at radius 3 is 2.36 bits per heavy atom. The van der Waals surface area contributed by atoms with E-state index in [9.17, 15) is 0 Å². The van der Waals surface area contributed by atoms with Gasteiger partial charge < -0.3 is 0 Å². The lowest BCUT2D eigenvalue weighted by atomic mass is 10.3. The largest absolute Gasteiger partial charge is 0.0845 e. The molecule has 0 radical (unpaired) electrons. The molecule has 0 aromatic rings. The van der Waals surface area contributed by atoms with E-state index in [1.807, 2.05) is 0 Å². The average molecular weight is 150 g/mol. The molecule has 0 aliphatic heterocycles. The number of rotatable bonds is 4. The van der Waals surface area contributed by atoms with Crippen LogP contribution >= 0.6 is 0 Å². The van der Waals surface area contributed by atoms with Gasteiger partial charge in [-0.25, -0.2) is 0 Å². The van der Waals surface area contributed by atoms with Crippen molar-refractivity contribution in [1.82, 2.24) is 0 Å². The second-order valence-corrected chi connectivity index (χ2v) is 2.85. The van der Waals surface area contributed by atoms with Gasteiger partial charge in [-0.05, 0) is 20.3 Å². The number of unbranched alkanes of at least 4 members (excludes halogenated alkanes) is 1. The fourth-order valence-corrected chi connectivity index (χ4v) is 0.654. The minimum atomic E-state index is 1.18. The van der Waals surface area contributed by atoms with Crippen LogP contribution in [-0.2, 0) is 0 Å². The number of hydrogen-bond acceptors (Lipinski definition) is 0. The zero-order valence-electron chi connectivity index (χ0n) is 7.80. The molecule has 0 saturated heterocycles. The predicted octanol–water partition coefficient (Wildman–Crippen LogP) is 3.87. The summed E-state index contributed by atoms with van der Waals surface area (Å²) in [7, 11) is 0. The summed E-state index contributed by atoms with van der Waals surface area (Å²) >= 11 is 0. The van der Waals surface area contributed by atoms with E-state index in [0.29, 0.717) is 0 Å². The Morgan fingerprint density at radius 1 is 1.09 bits per heavy atom. The van der Waals surface area contributed by atoms with Crippen molar-refractivity contribution < 1.29 is 0 Å². The maximum Gasteiger partial charge on any atom is -0.0350 e. The molecule has 0 heterocycles. The molecule has 0 rings (SSSR count). The van der Waals surface area contributed by atoms with Crippen LogP contribution in [0.3, 0.4) is 0 Å². The molecule has 0 atom stereocenters. The van der Waals surface area contributed by atoms with Crippen LogP contribution in [0.4, 0.5) is 0 Å². The summed E-state index contributed by atoms with van der Waals surface area (Å²) in [6.45, 7) is 6.38. The van der Waals surface area contributed by atoms with Crippen LogP contribution in [-0.4, -0.2) is 0 Å². The molecule has 0 aliphatic carbocycles. The highest BCUT2D eigenvalue weighted by molar-refractivity contribution is 5.13. The zero-order chi connectivity index (χ0) is 8.53. The average Bonchev–Trinajstić information content (AvgIpc) is 1.96. The molecule has 0 N–H and O–H groups in total. The fraction of sp³-hybridized carbons (Fsp3) is 0.455. The molecule has 0 saturated carbocycles. The van der Waals surface area contributed by atoms with E-state index < -0.39 is 0 Å². The van der Waals surface area contributed by atoms with E-state index in [-0.39, 0.29) is 0 Å². The topological polar surface area (TPSA) is 0 Å². The molecular weight excluding hydrogens is 132 g/mol. The summed E-state index contributed by atoms with van der Waals surface area (Å²) in [6.07, 6.45) is 12.9. The highest BCUT2D eigenvalue weighted by atomic mass is 13.8. The third-order valence-electron chi connectivity index (χ3n) is 1.24. The Bertz CT molecular complexity index is 155. The van der Waals surface area contributed by atoms with E-state index >= 15 is 0 Å². The summed E-state index contributed by atoms with van der Waals surface area (Å²) in [6, 6.07) is 0. The molecule has 0 amide bonds. The molecule has 0 aromatic carbocycles. The van der Waals surface area contributed by atoms with Crippen LogP contribution < -0.4 is 0 Å². The molecule has 0 fully saturated rings. The fourth-order valence-electron chi connectivity index (χ4n) is 0.654. The van der Waals surface area contributed by atoms with E-state index in [4.69, 9.17) is 0 Å². The lowest BCUT2D eigenvalue weighted by Crippen LogP contribution is -1.60. The normalized spacial score (nSPS) is 11.2. The first kappa shape index (κ1) is 10.2. The van der Waals surface area contributed by atoms with Gasteiger partial charge in [0, 0.05) is 0 Å². The maximum atomic E-state index is 2.19. The highest BCUT2D eigenvalue weighted by Gasteiger charge is 1.70. The molecular formula is C11H18. The Balaban J connectivity index is 3.52. The minimum Gasteiger partial charge on any atom is -0.0845 e. The first-order valence-corrected chi connectivity index (χ1v) is 4.24.